The average Bonchev–Trinajstić information content (AvgIpc) is 2.71. The summed E-state index contributed by atoms with van der Waals surface area (Å²) in [5.74, 6) is -0.407. The number of carbonyl (C=O) groups excluding carboxylic acids is 2. The maximum atomic E-state index is 13.4. The van der Waals surface area contributed by atoms with Crippen LogP contribution < -0.4 is 19.5 Å². The normalized spacial score (nSPS) is 22.7. The van der Waals surface area contributed by atoms with Crippen molar-refractivity contribution in [2.24, 2.45) is 5.41 Å². The molecule has 3 fully saturated rings. The van der Waals surface area contributed by atoms with Crippen LogP contribution in [0.5, 0.6) is 17.2 Å². The molecule has 1 N–H and O–H groups in total. The lowest BCUT2D eigenvalue weighted by atomic mass is 9.38. The summed E-state index contributed by atoms with van der Waals surface area (Å²) in [4.78, 5) is 24.5. The van der Waals surface area contributed by atoms with Gasteiger partial charge >= 0.3 is 6.61 Å². The molecular formula is C23H21ClF3NO5. The van der Waals surface area contributed by atoms with E-state index in [0.717, 1.165) is 6.07 Å². The zero-order valence-corrected chi connectivity index (χ0v) is 18.2. The number of rotatable bonds is 11. The second-order valence-corrected chi connectivity index (χ2v) is 8.98. The Balaban J connectivity index is 1.15. The highest BCUT2D eigenvalue weighted by molar-refractivity contribution is 6.30. The topological polar surface area (TPSA) is 73.9 Å². The standard InChI is InChI=1S/C23H21ClF3NO5/c24-18-6-5-17(7-19(18)25)32-10-20(30)28-23-11-22(12-23,13-23)8-14(29)9-31-15-1-3-16(4-2-15)33-21(26)27/h1-7,21H,8-13H2,(H,28,30). The molecule has 2 aromatic carbocycles. The molecule has 2 bridgehead atoms. The van der Waals surface area contributed by atoms with Crippen molar-refractivity contribution in [3.8, 4) is 17.2 Å². The van der Waals surface area contributed by atoms with Gasteiger partial charge in [-0.2, -0.15) is 8.78 Å². The Bertz CT molecular complexity index is 1030. The number of hydrogen-bond donors (Lipinski definition) is 1. The number of ketones is 1. The molecule has 10 heteroatoms. The first kappa shape index (κ1) is 23.2. The minimum atomic E-state index is -2.90. The van der Waals surface area contributed by atoms with Crippen LogP contribution in [0.1, 0.15) is 25.7 Å². The van der Waals surface area contributed by atoms with Gasteiger partial charge in [-0.1, -0.05) is 11.6 Å². The van der Waals surface area contributed by atoms with Crippen molar-refractivity contribution in [3.63, 3.8) is 0 Å². The molecule has 0 aromatic heterocycles. The van der Waals surface area contributed by atoms with Gasteiger partial charge in [0.15, 0.2) is 12.4 Å². The highest BCUT2D eigenvalue weighted by Crippen LogP contribution is 2.68. The maximum absolute atomic E-state index is 13.4. The van der Waals surface area contributed by atoms with E-state index in [1.54, 1.807) is 0 Å². The van der Waals surface area contributed by atoms with E-state index in [0.29, 0.717) is 31.4 Å². The van der Waals surface area contributed by atoms with Crippen molar-refractivity contribution in [2.75, 3.05) is 13.2 Å². The number of amides is 1. The number of ether oxygens (including phenoxy) is 3. The van der Waals surface area contributed by atoms with Crippen LogP contribution in [0.15, 0.2) is 42.5 Å². The Hall–Kier alpha value is -2.94. The quantitative estimate of drug-likeness (QED) is 0.508. The summed E-state index contributed by atoms with van der Waals surface area (Å²) in [7, 11) is 0. The minimum absolute atomic E-state index is 0.00983. The highest BCUT2D eigenvalue weighted by atomic mass is 35.5. The fraction of sp³-hybridized carbons (Fsp3) is 0.391. The third-order valence-corrected chi connectivity index (χ3v) is 6.13. The summed E-state index contributed by atoms with van der Waals surface area (Å²) in [6.07, 6.45) is 2.45. The minimum Gasteiger partial charge on any atom is -0.486 e. The first-order chi connectivity index (χ1) is 15.7. The Morgan fingerprint density at radius 1 is 0.970 bits per heavy atom. The molecule has 176 valence electrons. The van der Waals surface area contributed by atoms with Gasteiger partial charge in [-0.05, 0) is 61.1 Å². The van der Waals surface area contributed by atoms with Gasteiger partial charge in [0.2, 0.25) is 0 Å². The van der Waals surface area contributed by atoms with E-state index in [-0.39, 0.29) is 52.4 Å². The van der Waals surface area contributed by atoms with Crippen LogP contribution in [-0.4, -0.2) is 37.1 Å². The first-order valence-corrected chi connectivity index (χ1v) is 10.6. The van der Waals surface area contributed by atoms with Crippen LogP contribution >= 0.6 is 11.6 Å². The molecule has 0 aliphatic heterocycles. The summed E-state index contributed by atoms with van der Waals surface area (Å²) in [6.45, 7) is -3.27. The molecule has 3 aliphatic rings. The smallest absolute Gasteiger partial charge is 0.387 e. The monoisotopic (exact) mass is 483 g/mol. The molecule has 0 spiro atoms. The van der Waals surface area contributed by atoms with Gasteiger partial charge in [-0.25, -0.2) is 4.39 Å². The third-order valence-electron chi connectivity index (χ3n) is 5.83. The van der Waals surface area contributed by atoms with E-state index < -0.39 is 12.4 Å². The van der Waals surface area contributed by atoms with E-state index >= 15 is 0 Å². The number of Topliss-reactive ketones (excluding diaryl/α,β-unsaturated/α-hetero) is 1. The lowest BCUT2D eigenvalue weighted by Gasteiger charge is -2.70. The second kappa shape index (κ2) is 9.13. The van der Waals surface area contributed by atoms with E-state index in [1.807, 2.05) is 0 Å². The van der Waals surface area contributed by atoms with E-state index in [4.69, 9.17) is 21.1 Å². The number of nitrogens with one attached hydrogen (secondary N) is 1. The highest BCUT2D eigenvalue weighted by Gasteiger charge is 2.68. The van der Waals surface area contributed by atoms with Crippen LogP contribution in [0, 0.1) is 11.2 Å². The van der Waals surface area contributed by atoms with Crippen molar-refractivity contribution in [2.45, 2.75) is 37.8 Å². The van der Waals surface area contributed by atoms with Gasteiger partial charge in [0.1, 0.15) is 29.7 Å². The number of benzene rings is 2. The van der Waals surface area contributed by atoms with Gasteiger partial charge in [0.05, 0.1) is 5.02 Å². The van der Waals surface area contributed by atoms with Gasteiger partial charge in [-0.15, -0.1) is 0 Å². The van der Waals surface area contributed by atoms with Crippen LogP contribution in [0.25, 0.3) is 0 Å². The van der Waals surface area contributed by atoms with Crippen molar-refractivity contribution < 1.29 is 37.0 Å². The molecule has 5 rings (SSSR count). The predicted molar refractivity (Wildman–Crippen MR) is 112 cm³/mol. The van der Waals surface area contributed by atoms with Gasteiger partial charge < -0.3 is 19.5 Å². The third kappa shape index (κ3) is 5.52. The summed E-state index contributed by atoms with van der Waals surface area (Å²) in [5.41, 5.74) is -0.434. The zero-order valence-electron chi connectivity index (χ0n) is 17.4. The molecule has 33 heavy (non-hydrogen) atoms. The molecule has 1 amide bonds. The van der Waals surface area contributed by atoms with Gasteiger partial charge in [-0.3, -0.25) is 9.59 Å². The molecule has 0 unspecified atom stereocenters. The van der Waals surface area contributed by atoms with Crippen LogP contribution in [0.4, 0.5) is 13.2 Å². The predicted octanol–water partition coefficient (Wildman–Crippen LogP) is 4.54. The summed E-state index contributed by atoms with van der Waals surface area (Å²) in [6, 6.07) is 9.54. The van der Waals surface area contributed by atoms with Crippen molar-refractivity contribution in [1.82, 2.24) is 5.32 Å². The summed E-state index contributed by atoms with van der Waals surface area (Å²) in [5, 5.41) is 2.91. The van der Waals surface area contributed by atoms with Crippen molar-refractivity contribution in [1.29, 1.82) is 0 Å². The molecule has 0 saturated heterocycles. The molecule has 3 aliphatic carbocycles. The van der Waals surface area contributed by atoms with Crippen molar-refractivity contribution >= 4 is 23.3 Å². The molecule has 0 heterocycles. The molecule has 2 aromatic rings. The number of halogens is 4. The first-order valence-electron chi connectivity index (χ1n) is 10.2. The van der Waals surface area contributed by atoms with E-state index in [1.165, 1.54) is 36.4 Å². The molecule has 6 nitrogen and oxygen atoms in total. The molecular weight excluding hydrogens is 463 g/mol. The average molecular weight is 484 g/mol. The number of hydrogen-bond acceptors (Lipinski definition) is 5. The molecule has 0 atom stereocenters. The Morgan fingerprint density at radius 2 is 1.58 bits per heavy atom. The molecule has 0 radical (unpaired) electrons. The Kier molecular flexibility index (Phi) is 6.43. The number of carbonyl (C=O) groups is 2. The fourth-order valence-corrected chi connectivity index (χ4v) is 4.83. The lowest BCUT2D eigenvalue weighted by Crippen LogP contribution is -2.75. The SMILES string of the molecule is O=C(COc1ccc(OC(F)F)cc1)CC12CC(NC(=O)COc3ccc(Cl)c(F)c3)(C1)C2. The van der Waals surface area contributed by atoms with Crippen LogP contribution in [0.3, 0.4) is 0 Å². The van der Waals surface area contributed by atoms with E-state index in [9.17, 15) is 22.8 Å². The van der Waals surface area contributed by atoms with Crippen LogP contribution in [0.2, 0.25) is 5.02 Å². The maximum Gasteiger partial charge on any atom is 0.387 e. The van der Waals surface area contributed by atoms with E-state index in [2.05, 4.69) is 10.1 Å². The summed E-state index contributed by atoms with van der Waals surface area (Å²) < 4.78 is 52.7. The largest absolute Gasteiger partial charge is 0.486 e. The molecule has 3 saturated carbocycles. The fourth-order valence-electron chi connectivity index (χ4n) is 4.72. The van der Waals surface area contributed by atoms with Crippen molar-refractivity contribution in [3.05, 3.63) is 53.3 Å². The second-order valence-electron chi connectivity index (χ2n) is 8.58. The summed E-state index contributed by atoms with van der Waals surface area (Å²) >= 11 is 5.61. The van der Waals surface area contributed by atoms with Gasteiger partial charge in [0.25, 0.3) is 5.91 Å². The van der Waals surface area contributed by atoms with Gasteiger partial charge in [0, 0.05) is 18.0 Å². The lowest BCUT2D eigenvalue weighted by molar-refractivity contribution is -0.173. The Morgan fingerprint density at radius 3 is 2.21 bits per heavy atom. The zero-order chi connectivity index (χ0) is 23.6. The Labute approximate surface area is 193 Å². The number of alkyl halides is 2. The van der Waals surface area contributed by atoms with Crippen LogP contribution in [-0.2, 0) is 9.59 Å².